The van der Waals surface area contributed by atoms with E-state index in [2.05, 4.69) is 11.4 Å². The van der Waals surface area contributed by atoms with Crippen LogP contribution >= 0.6 is 23.2 Å². The molecule has 2 fully saturated rings. The molecule has 1 aliphatic carbocycles. The predicted octanol–water partition coefficient (Wildman–Crippen LogP) is 5.43. The molecule has 0 spiro atoms. The molecule has 1 saturated carbocycles. The van der Waals surface area contributed by atoms with Gasteiger partial charge in [-0.3, -0.25) is 10.1 Å². The number of aliphatic carboxylic acids is 1. The number of halogens is 4. The molecule has 1 heterocycles. The summed E-state index contributed by atoms with van der Waals surface area (Å²) in [6.07, 6.45) is 4.52. The molecule has 1 unspecified atom stereocenters. The van der Waals surface area contributed by atoms with Crippen molar-refractivity contribution in [2.24, 2.45) is 11.8 Å². The van der Waals surface area contributed by atoms with Crippen molar-refractivity contribution in [2.45, 2.75) is 55.5 Å². The summed E-state index contributed by atoms with van der Waals surface area (Å²) < 4.78 is 30.9. The Morgan fingerprint density at radius 2 is 1.91 bits per heavy atom. The second-order valence-corrected chi connectivity index (χ2v) is 10.3. The van der Waals surface area contributed by atoms with Crippen molar-refractivity contribution in [2.75, 3.05) is 6.61 Å². The lowest BCUT2D eigenvalue weighted by Crippen LogP contribution is -2.51. The normalized spacial score (nSPS) is 27.9. The zero-order valence-electron chi connectivity index (χ0n) is 18.9. The average molecular weight is 523 g/mol. The Bertz CT molecular complexity index is 1150. The fourth-order valence-electron chi connectivity index (χ4n) is 6.19. The maximum absolute atomic E-state index is 15.5. The van der Waals surface area contributed by atoms with Gasteiger partial charge in [0.2, 0.25) is 0 Å². The summed E-state index contributed by atoms with van der Waals surface area (Å²) in [4.78, 5) is 12.5. The Labute approximate surface area is 212 Å². The quantitative estimate of drug-likeness (QED) is 0.470. The van der Waals surface area contributed by atoms with Crippen molar-refractivity contribution in [1.82, 2.24) is 5.32 Å². The van der Waals surface area contributed by atoms with E-state index in [0.717, 1.165) is 38.2 Å². The van der Waals surface area contributed by atoms with Crippen LogP contribution in [-0.2, 0) is 10.2 Å². The molecule has 3 N–H and O–H groups in total. The number of aliphatic hydroxyl groups excluding tert-OH is 1. The van der Waals surface area contributed by atoms with Crippen LogP contribution in [0.15, 0.2) is 36.4 Å². The molecule has 0 amide bonds. The predicted molar refractivity (Wildman–Crippen MR) is 128 cm³/mol. The van der Waals surface area contributed by atoms with Crippen LogP contribution in [0.2, 0.25) is 10.0 Å². The van der Waals surface area contributed by atoms with Crippen molar-refractivity contribution < 1.29 is 23.8 Å². The lowest BCUT2D eigenvalue weighted by molar-refractivity contribution is -0.139. The number of carbonyl (C=O) groups is 1. The monoisotopic (exact) mass is 522 g/mol. The Balaban J connectivity index is 2.01. The molecule has 4 rings (SSSR count). The van der Waals surface area contributed by atoms with E-state index in [4.69, 9.17) is 23.2 Å². The fourth-order valence-corrected chi connectivity index (χ4v) is 6.53. The molecule has 2 aromatic rings. The molecular weight excluding hydrogens is 497 g/mol. The minimum Gasteiger partial charge on any atom is -0.480 e. The zero-order valence-corrected chi connectivity index (χ0v) is 20.4. The van der Waals surface area contributed by atoms with Crippen molar-refractivity contribution in [3.63, 3.8) is 0 Å². The van der Waals surface area contributed by atoms with Gasteiger partial charge in [0.05, 0.1) is 11.1 Å². The van der Waals surface area contributed by atoms with E-state index < -0.39 is 46.9 Å². The number of hydrogen-bond donors (Lipinski definition) is 3. The summed E-state index contributed by atoms with van der Waals surface area (Å²) in [7, 11) is 0. The number of hydrogen-bond acceptors (Lipinski definition) is 4. The van der Waals surface area contributed by atoms with E-state index in [1.54, 1.807) is 0 Å². The van der Waals surface area contributed by atoms with Crippen LogP contribution in [0.1, 0.15) is 49.1 Å². The van der Waals surface area contributed by atoms with Gasteiger partial charge in [0, 0.05) is 35.1 Å². The van der Waals surface area contributed by atoms with Crippen molar-refractivity contribution in [1.29, 1.82) is 5.26 Å². The maximum atomic E-state index is 15.5. The third-order valence-electron chi connectivity index (χ3n) is 7.71. The number of nitrogens with one attached hydrogen (secondary N) is 1. The Morgan fingerprint density at radius 1 is 1.20 bits per heavy atom. The number of benzene rings is 2. The Hall–Kier alpha value is -2.24. The summed E-state index contributed by atoms with van der Waals surface area (Å²) in [6, 6.07) is 7.81. The molecule has 1 saturated heterocycles. The summed E-state index contributed by atoms with van der Waals surface area (Å²) >= 11 is 12.0. The minimum absolute atomic E-state index is 0.00765. The van der Waals surface area contributed by atoms with Gasteiger partial charge in [0.15, 0.2) is 0 Å². The molecule has 0 bridgehead atoms. The van der Waals surface area contributed by atoms with Crippen LogP contribution < -0.4 is 5.32 Å². The lowest BCUT2D eigenvalue weighted by atomic mass is 9.60. The van der Waals surface area contributed by atoms with Crippen molar-refractivity contribution in [3.05, 3.63) is 69.2 Å². The van der Waals surface area contributed by atoms with Crippen molar-refractivity contribution in [3.8, 4) is 6.07 Å². The Morgan fingerprint density at radius 3 is 2.51 bits per heavy atom. The topological polar surface area (TPSA) is 93.4 Å². The van der Waals surface area contributed by atoms with Gasteiger partial charge in [-0.15, -0.1) is 0 Å². The molecular formula is C26H26Cl2F2N2O3. The van der Waals surface area contributed by atoms with Gasteiger partial charge in [-0.2, -0.15) is 5.26 Å². The highest BCUT2D eigenvalue weighted by atomic mass is 35.5. The molecule has 5 atom stereocenters. The molecule has 0 aromatic heterocycles. The summed E-state index contributed by atoms with van der Waals surface area (Å²) in [5, 5.41) is 34.3. The largest absolute Gasteiger partial charge is 0.480 e. The molecule has 9 heteroatoms. The standard InChI is InChI=1S/C26H26Cl2F2N2O3/c27-15-9-10-18(20(29)11-15)26(13-31)21(16-7-4-8-19(28)22(16)30)23(25(34)35)32-24(26)17(12-33)14-5-2-1-3-6-14/h4,7-11,14,17,21,23-24,32-33H,1-3,5-6,12H2,(H,34,35)/t17?,21-,23+,24-,26+/m0/s1. The van der Waals surface area contributed by atoms with E-state index in [0.29, 0.717) is 0 Å². The van der Waals surface area contributed by atoms with E-state index >= 15 is 8.78 Å². The van der Waals surface area contributed by atoms with Crippen LogP contribution in [0.3, 0.4) is 0 Å². The minimum atomic E-state index is -1.87. The van der Waals surface area contributed by atoms with Crippen LogP contribution in [0.25, 0.3) is 0 Å². The van der Waals surface area contributed by atoms with Gasteiger partial charge in [0.25, 0.3) is 0 Å². The smallest absolute Gasteiger partial charge is 0.321 e. The first-order valence-electron chi connectivity index (χ1n) is 11.7. The van der Waals surface area contributed by atoms with Crippen molar-refractivity contribution >= 4 is 29.2 Å². The van der Waals surface area contributed by atoms with Crippen LogP contribution in [0.5, 0.6) is 0 Å². The van der Waals surface area contributed by atoms with Crippen LogP contribution in [-0.4, -0.2) is 34.9 Å². The molecule has 0 radical (unpaired) electrons. The van der Waals surface area contributed by atoms with Crippen LogP contribution in [0.4, 0.5) is 8.78 Å². The first kappa shape index (κ1) is 25.8. The lowest BCUT2D eigenvalue weighted by Gasteiger charge is -2.41. The fraction of sp³-hybridized carbons (Fsp3) is 0.462. The number of nitriles is 1. The summed E-state index contributed by atoms with van der Waals surface area (Å²) in [6.45, 7) is -0.335. The van der Waals surface area contributed by atoms with Gasteiger partial charge in [-0.1, -0.05) is 73.5 Å². The SMILES string of the molecule is N#C[C@]1(c2ccc(Cl)cc2F)[C@H](C(CO)C2CCCCC2)N[C@@H](C(=O)O)[C@@H]1c1cccc(Cl)c1F. The van der Waals surface area contributed by atoms with E-state index in [9.17, 15) is 20.3 Å². The number of carboxylic acids is 1. The zero-order chi connectivity index (χ0) is 25.3. The summed E-state index contributed by atoms with van der Waals surface area (Å²) in [5.74, 6) is -4.87. The highest BCUT2D eigenvalue weighted by Crippen LogP contribution is 2.54. The van der Waals surface area contributed by atoms with Gasteiger partial charge < -0.3 is 10.2 Å². The second-order valence-electron chi connectivity index (χ2n) is 9.43. The molecule has 2 aromatic carbocycles. The highest BCUT2D eigenvalue weighted by Gasteiger charge is 2.63. The molecule has 1 aliphatic heterocycles. The first-order valence-corrected chi connectivity index (χ1v) is 12.4. The third-order valence-corrected chi connectivity index (χ3v) is 8.24. The van der Waals surface area contributed by atoms with E-state index in [1.807, 2.05) is 0 Å². The number of nitrogens with zero attached hydrogens (tertiary/aromatic N) is 1. The van der Waals surface area contributed by atoms with Gasteiger partial charge >= 0.3 is 5.97 Å². The van der Waals surface area contributed by atoms with Gasteiger partial charge in [-0.05, 0) is 29.7 Å². The summed E-state index contributed by atoms with van der Waals surface area (Å²) in [5.41, 5.74) is -2.06. The van der Waals surface area contributed by atoms with Gasteiger partial charge in [0.1, 0.15) is 23.1 Å². The molecule has 35 heavy (non-hydrogen) atoms. The molecule has 186 valence electrons. The Kier molecular flexibility index (Phi) is 7.68. The van der Waals surface area contributed by atoms with Crippen LogP contribution in [0, 0.1) is 34.8 Å². The number of carboxylic acid groups (broad SMARTS) is 1. The second kappa shape index (κ2) is 10.4. The molecule has 2 aliphatic rings. The third kappa shape index (κ3) is 4.42. The van der Waals surface area contributed by atoms with E-state index in [1.165, 1.54) is 30.3 Å². The maximum Gasteiger partial charge on any atom is 0.321 e. The number of aliphatic hydroxyl groups is 1. The highest BCUT2D eigenvalue weighted by molar-refractivity contribution is 6.31. The average Bonchev–Trinajstić information content (AvgIpc) is 3.18. The first-order chi connectivity index (χ1) is 16.8. The van der Waals surface area contributed by atoms with E-state index in [-0.39, 0.29) is 33.7 Å². The molecule has 5 nitrogen and oxygen atoms in total. The van der Waals surface area contributed by atoms with Gasteiger partial charge in [-0.25, -0.2) is 8.78 Å². The number of rotatable bonds is 6.